The number of hydrogen-bond acceptors (Lipinski definition) is 7. The van der Waals surface area contributed by atoms with Crippen LogP contribution in [0.3, 0.4) is 0 Å². The molecule has 0 saturated carbocycles. The molecule has 0 N–H and O–H groups in total. The van der Waals surface area contributed by atoms with Crippen LogP contribution < -0.4 is 0 Å². The average molecular weight is 400 g/mol. The van der Waals surface area contributed by atoms with Crippen LogP contribution in [0, 0.1) is 19.3 Å². The van der Waals surface area contributed by atoms with Crippen LogP contribution >= 0.6 is 0 Å². The largest absolute Gasteiger partial charge is 0.378 e. The van der Waals surface area contributed by atoms with Crippen LogP contribution in [0.5, 0.6) is 0 Å². The van der Waals surface area contributed by atoms with Gasteiger partial charge in [-0.25, -0.2) is 0 Å². The summed E-state index contributed by atoms with van der Waals surface area (Å²) in [6.07, 6.45) is 5.70. The Kier molecular flexibility index (Phi) is 12.7. The third-order valence-corrected chi connectivity index (χ3v) is 4.61. The number of hydrogen-bond donors (Lipinski definition) is 0. The summed E-state index contributed by atoms with van der Waals surface area (Å²) in [5.74, 6) is 2.49. The molecule has 0 spiro atoms. The Morgan fingerprint density at radius 3 is 1.70 bits per heavy atom. The van der Waals surface area contributed by atoms with Crippen LogP contribution in [-0.4, -0.2) is 67.9 Å². The highest BCUT2D eigenvalue weighted by Gasteiger charge is 2.14. The Balaban J connectivity index is 1.92. The van der Waals surface area contributed by atoms with E-state index in [1.54, 1.807) is 12.1 Å². The lowest BCUT2D eigenvalue weighted by molar-refractivity contribution is -0.00387. The normalized spacial score (nSPS) is 11.4. The number of benzene rings is 1. The van der Waals surface area contributed by atoms with E-state index in [4.69, 9.17) is 29.6 Å². The van der Waals surface area contributed by atoms with E-state index in [9.17, 15) is 8.42 Å². The quantitative estimate of drug-likeness (QED) is 0.238. The van der Waals surface area contributed by atoms with E-state index in [0.29, 0.717) is 52.7 Å². The fourth-order valence-corrected chi connectivity index (χ4v) is 2.76. The van der Waals surface area contributed by atoms with Gasteiger partial charge in [-0.15, -0.1) is 12.3 Å². The molecule has 7 nitrogen and oxygen atoms in total. The third-order valence-electron chi connectivity index (χ3n) is 3.28. The average Bonchev–Trinajstić information content (AvgIpc) is 2.65. The van der Waals surface area contributed by atoms with E-state index >= 15 is 0 Å². The molecular weight excluding hydrogens is 372 g/mol. The standard InChI is InChI=1S/C19H28O7S/c1-3-4-9-22-10-11-23-12-13-24-14-15-25-16-17-26-27(20,21)19-7-5-18(2)6-8-19/h1,5-8H,4,9-17H2,2H3. The molecule has 27 heavy (non-hydrogen) atoms. The molecule has 0 saturated heterocycles. The highest BCUT2D eigenvalue weighted by molar-refractivity contribution is 7.86. The molecule has 0 fully saturated rings. The van der Waals surface area contributed by atoms with Gasteiger partial charge in [-0.05, 0) is 19.1 Å². The Morgan fingerprint density at radius 1 is 0.778 bits per heavy atom. The van der Waals surface area contributed by atoms with Gasteiger partial charge < -0.3 is 18.9 Å². The van der Waals surface area contributed by atoms with E-state index in [0.717, 1.165) is 5.56 Å². The molecule has 0 atom stereocenters. The maximum Gasteiger partial charge on any atom is 0.297 e. The first-order valence-corrected chi connectivity index (χ1v) is 10.2. The van der Waals surface area contributed by atoms with E-state index in [2.05, 4.69) is 5.92 Å². The summed E-state index contributed by atoms with van der Waals surface area (Å²) in [6, 6.07) is 6.48. The molecule has 0 amide bonds. The maximum atomic E-state index is 11.9. The Bertz CT molecular complexity index is 635. The molecular formula is C19H28O7S. The molecule has 0 aromatic heterocycles. The summed E-state index contributed by atoms with van der Waals surface area (Å²) in [4.78, 5) is 0.137. The SMILES string of the molecule is C#CCCOCCOCCOCCOCCOS(=O)(=O)c1ccc(C)cc1. The smallest absolute Gasteiger partial charge is 0.297 e. The zero-order chi connectivity index (χ0) is 19.8. The first-order chi connectivity index (χ1) is 13.1. The summed E-state index contributed by atoms with van der Waals surface area (Å²) in [7, 11) is -3.74. The lowest BCUT2D eigenvalue weighted by Crippen LogP contribution is -2.15. The van der Waals surface area contributed by atoms with Gasteiger partial charge in [-0.1, -0.05) is 17.7 Å². The van der Waals surface area contributed by atoms with Crippen molar-refractivity contribution >= 4 is 10.1 Å². The van der Waals surface area contributed by atoms with Gasteiger partial charge in [0.15, 0.2) is 0 Å². The van der Waals surface area contributed by atoms with Crippen LogP contribution in [0.1, 0.15) is 12.0 Å². The van der Waals surface area contributed by atoms with Gasteiger partial charge >= 0.3 is 0 Å². The van der Waals surface area contributed by atoms with Crippen molar-refractivity contribution in [2.24, 2.45) is 0 Å². The van der Waals surface area contributed by atoms with Gasteiger partial charge in [0.2, 0.25) is 0 Å². The zero-order valence-electron chi connectivity index (χ0n) is 15.7. The Hall–Kier alpha value is -1.47. The van der Waals surface area contributed by atoms with Gasteiger partial charge in [0.05, 0.1) is 64.4 Å². The summed E-state index contributed by atoms with van der Waals surface area (Å²) in [5, 5.41) is 0. The molecule has 0 radical (unpaired) electrons. The second-order valence-electron chi connectivity index (χ2n) is 5.49. The van der Waals surface area contributed by atoms with Crippen molar-refractivity contribution in [3.05, 3.63) is 29.8 Å². The van der Waals surface area contributed by atoms with E-state index in [1.807, 2.05) is 6.92 Å². The van der Waals surface area contributed by atoms with Crippen molar-refractivity contribution in [2.75, 3.05) is 59.5 Å². The fraction of sp³-hybridized carbons (Fsp3) is 0.579. The van der Waals surface area contributed by atoms with Crippen LogP contribution in [-0.2, 0) is 33.2 Å². The Morgan fingerprint density at radius 2 is 1.22 bits per heavy atom. The first kappa shape index (κ1) is 23.6. The number of terminal acetylenes is 1. The molecule has 0 unspecified atom stereocenters. The number of rotatable bonds is 16. The predicted molar refractivity (Wildman–Crippen MR) is 101 cm³/mol. The monoisotopic (exact) mass is 400 g/mol. The summed E-state index contributed by atoms with van der Waals surface area (Å²) >= 11 is 0. The van der Waals surface area contributed by atoms with Crippen molar-refractivity contribution in [1.82, 2.24) is 0 Å². The van der Waals surface area contributed by atoms with Crippen LogP contribution in [0.4, 0.5) is 0 Å². The molecule has 0 heterocycles. The van der Waals surface area contributed by atoms with Crippen molar-refractivity contribution in [1.29, 1.82) is 0 Å². The van der Waals surface area contributed by atoms with Crippen LogP contribution in [0.2, 0.25) is 0 Å². The predicted octanol–water partition coefficient (Wildman–Crippen LogP) is 1.79. The summed E-state index contributed by atoms with van der Waals surface area (Å²) in [6.45, 7) is 5.23. The maximum absolute atomic E-state index is 11.9. The molecule has 1 aromatic carbocycles. The number of ether oxygens (including phenoxy) is 4. The second kappa shape index (κ2) is 14.6. The molecule has 0 aliphatic rings. The van der Waals surface area contributed by atoms with Crippen molar-refractivity contribution < 1.29 is 31.5 Å². The lowest BCUT2D eigenvalue weighted by Gasteiger charge is -2.08. The van der Waals surface area contributed by atoms with Crippen LogP contribution in [0.15, 0.2) is 29.2 Å². The zero-order valence-corrected chi connectivity index (χ0v) is 16.5. The molecule has 152 valence electrons. The van der Waals surface area contributed by atoms with Gasteiger partial charge in [0.25, 0.3) is 10.1 Å². The first-order valence-electron chi connectivity index (χ1n) is 8.77. The fourth-order valence-electron chi connectivity index (χ4n) is 1.87. The highest BCUT2D eigenvalue weighted by atomic mass is 32.2. The minimum absolute atomic E-state index is 0.0427. The molecule has 0 bridgehead atoms. The molecule has 1 rings (SSSR count). The topological polar surface area (TPSA) is 80.3 Å². The van der Waals surface area contributed by atoms with Gasteiger partial charge in [0.1, 0.15) is 0 Å². The van der Waals surface area contributed by atoms with Crippen molar-refractivity contribution in [2.45, 2.75) is 18.2 Å². The molecule has 8 heteroatoms. The van der Waals surface area contributed by atoms with E-state index in [1.165, 1.54) is 12.1 Å². The van der Waals surface area contributed by atoms with Crippen LogP contribution in [0.25, 0.3) is 0 Å². The minimum atomic E-state index is -3.74. The molecule has 1 aromatic rings. The third kappa shape index (κ3) is 11.8. The van der Waals surface area contributed by atoms with E-state index in [-0.39, 0.29) is 18.1 Å². The van der Waals surface area contributed by atoms with Crippen molar-refractivity contribution in [3.8, 4) is 12.3 Å². The lowest BCUT2D eigenvalue weighted by atomic mass is 10.2. The summed E-state index contributed by atoms with van der Waals surface area (Å²) < 4.78 is 50.0. The molecule has 0 aliphatic heterocycles. The summed E-state index contributed by atoms with van der Waals surface area (Å²) in [5.41, 5.74) is 0.982. The van der Waals surface area contributed by atoms with Gasteiger partial charge in [-0.3, -0.25) is 4.18 Å². The highest BCUT2D eigenvalue weighted by Crippen LogP contribution is 2.12. The van der Waals surface area contributed by atoms with Gasteiger partial charge in [-0.2, -0.15) is 8.42 Å². The Labute approximate surface area is 162 Å². The minimum Gasteiger partial charge on any atom is -0.378 e. The molecule has 0 aliphatic carbocycles. The van der Waals surface area contributed by atoms with Gasteiger partial charge in [0, 0.05) is 6.42 Å². The van der Waals surface area contributed by atoms with Crippen molar-refractivity contribution in [3.63, 3.8) is 0 Å². The van der Waals surface area contributed by atoms with E-state index < -0.39 is 10.1 Å². The number of aryl methyl sites for hydroxylation is 1. The second-order valence-corrected chi connectivity index (χ2v) is 7.11.